The van der Waals surface area contributed by atoms with Crippen molar-refractivity contribution in [2.24, 2.45) is 0 Å². The maximum absolute atomic E-state index is 12.8. The first-order chi connectivity index (χ1) is 15.8. The first-order valence-corrected chi connectivity index (χ1v) is 10.0. The molecular formula is C24H23N3O6. The summed E-state index contributed by atoms with van der Waals surface area (Å²) in [6.45, 7) is 5.48. The van der Waals surface area contributed by atoms with E-state index in [4.69, 9.17) is 9.15 Å². The lowest BCUT2D eigenvalue weighted by Crippen LogP contribution is -2.34. The van der Waals surface area contributed by atoms with Gasteiger partial charge in [-0.1, -0.05) is 24.3 Å². The SMILES string of the molecule is C=CCN1C(=O)/C(=C/c2ccc(CNC(=O)C(=O)Nc3ccccc3)o2)C(C(=O)OC)=C1C. The van der Waals surface area contributed by atoms with Gasteiger partial charge in [-0.2, -0.15) is 0 Å². The number of anilines is 1. The summed E-state index contributed by atoms with van der Waals surface area (Å²) >= 11 is 0. The Balaban J connectivity index is 1.69. The lowest BCUT2D eigenvalue weighted by Gasteiger charge is -2.14. The highest BCUT2D eigenvalue weighted by molar-refractivity contribution is 6.39. The molecular weight excluding hydrogens is 426 g/mol. The lowest BCUT2D eigenvalue weighted by molar-refractivity contribution is -0.136. The van der Waals surface area contributed by atoms with Crippen LogP contribution in [0.15, 0.2) is 76.4 Å². The second-order valence-corrected chi connectivity index (χ2v) is 7.02. The highest BCUT2D eigenvalue weighted by Crippen LogP contribution is 2.31. The van der Waals surface area contributed by atoms with Gasteiger partial charge >= 0.3 is 17.8 Å². The zero-order valence-corrected chi connectivity index (χ0v) is 18.2. The van der Waals surface area contributed by atoms with Crippen LogP contribution in [0.4, 0.5) is 5.69 Å². The number of hydrogen-bond donors (Lipinski definition) is 2. The van der Waals surface area contributed by atoms with E-state index in [1.807, 2.05) is 0 Å². The quantitative estimate of drug-likeness (QED) is 0.290. The highest BCUT2D eigenvalue weighted by atomic mass is 16.5. The Morgan fingerprint density at radius 1 is 1.12 bits per heavy atom. The third kappa shape index (κ3) is 5.27. The van der Waals surface area contributed by atoms with Crippen molar-refractivity contribution in [2.75, 3.05) is 19.0 Å². The van der Waals surface area contributed by atoms with Gasteiger partial charge in [0.05, 0.1) is 24.8 Å². The first-order valence-electron chi connectivity index (χ1n) is 10.0. The van der Waals surface area contributed by atoms with Crippen LogP contribution in [0.5, 0.6) is 0 Å². The van der Waals surface area contributed by atoms with Gasteiger partial charge in [-0.15, -0.1) is 6.58 Å². The van der Waals surface area contributed by atoms with Crippen LogP contribution >= 0.6 is 0 Å². The van der Waals surface area contributed by atoms with Crippen LogP contribution in [-0.4, -0.2) is 42.2 Å². The average molecular weight is 449 g/mol. The molecule has 1 aromatic heterocycles. The van der Waals surface area contributed by atoms with Gasteiger partial charge < -0.3 is 24.7 Å². The van der Waals surface area contributed by atoms with E-state index >= 15 is 0 Å². The first kappa shape index (κ1) is 23.3. The molecule has 0 spiro atoms. The number of rotatable bonds is 7. The molecule has 0 unspecified atom stereocenters. The van der Waals surface area contributed by atoms with Crippen molar-refractivity contribution in [3.8, 4) is 0 Å². The Morgan fingerprint density at radius 3 is 2.52 bits per heavy atom. The minimum Gasteiger partial charge on any atom is -0.465 e. The molecule has 1 aliphatic heterocycles. The number of amides is 3. The largest absolute Gasteiger partial charge is 0.465 e. The molecule has 9 nitrogen and oxygen atoms in total. The molecule has 0 saturated carbocycles. The van der Waals surface area contributed by atoms with Crippen molar-refractivity contribution in [1.82, 2.24) is 10.2 Å². The summed E-state index contributed by atoms with van der Waals surface area (Å²) in [6, 6.07) is 11.8. The maximum Gasteiger partial charge on any atom is 0.340 e. The molecule has 0 saturated heterocycles. The van der Waals surface area contributed by atoms with E-state index in [0.717, 1.165) is 0 Å². The Bertz CT molecular complexity index is 1160. The molecule has 2 aromatic rings. The van der Waals surface area contributed by atoms with Gasteiger partial charge in [-0.05, 0) is 37.3 Å². The second kappa shape index (κ2) is 10.3. The fourth-order valence-corrected chi connectivity index (χ4v) is 3.24. The Labute approximate surface area is 190 Å². The van der Waals surface area contributed by atoms with Crippen LogP contribution in [0.25, 0.3) is 6.08 Å². The number of esters is 1. The molecule has 3 rings (SSSR count). The van der Waals surface area contributed by atoms with Gasteiger partial charge in [0, 0.05) is 17.9 Å². The van der Waals surface area contributed by atoms with E-state index in [0.29, 0.717) is 22.9 Å². The van der Waals surface area contributed by atoms with E-state index in [1.54, 1.807) is 55.5 Å². The second-order valence-electron chi connectivity index (χ2n) is 7.02. The van der Waals surface area contributed by atoms with Crippen molar-refractivity contribution >= 4 is 35.5 Å². The fraction of sp³-hybridized carbons (Fsp3) is 0.167. The molecule has 1 aliphatic rings. The van der Waals surface area contributed by atoms with Crippen LogP contribution < -0.4 is 10.6 Å². The monoisotopic (exact) mass is 449 g/mol. The molecule has 3 amide bonds. The summed E-state index contributed by atoms with van der Waals surface area (Å²) in [4.78, 5) is 50.5. The van der Waals surface area contributed by atoms with Crippen LogP contribution in [0.2, 0.25) is 0 Å². The van der Waals surface area contributed by atoms with Gasteiger partial charge in [0.15, 0.2) is 0 Å². The van der Waals surface area contributed by atoms with Gasteiger partial charge in [-0.25, -0.2) is 4.79 Å². The van der Waals surface area contributed by atoms with Crippen LogP contribution in [-0.2, 0) is 30.5 Å². The van der Waals surface area contributed by atoms with E-state index in [-0.39, 0.29) is 30.1 Å². The summed E-state index contributed by atoms with van der Waals surface area (Å²) in [5.74, 6) is -1.99. The number of allylic oxidation sites excluding steroid dienone is 1. The fourth-order valence-electron chi connectivity index (χ4n) is 3.24. The number of nitrogens with one attached hydrogen (secondary N) is 2. The van der Waals surface area contributed by atoms with Crippen molar-refractivity contribution in [2.45, 2.75) is 13.5 Å². The number of para-hydroxylation sites is 1. The predicted octanol–water partition coefficient (Wildman–Crippen LogP) is 2.39. The van der Waals surface area contributed by atoms with Crippen LogP contribution in [0.3, 0.4) is 0 Å². The standard InChI is InChI=1S/C24H23N3O6/c1-4-12-27-15(2)20(24(31)32-3)19(23(27)30)13-17-10-11-18(33-17)14-25-21(28)22(29)26-16-8-6-5-7-9-16/h4-11,13H,1,12,14H2,2-3H3,(H,25,28)(H,26,29)/b19-13+. The lowest BCUT2D eigenvalue weighted by atomic mass is 10.1. The van der Waals surface area contributed by atoms with Gasteiger partial charge in [0.25, 0.3) is 5.91 Å². The number of hydrogen-bond acceptors (Lipinski definition) is 6. The van der Waals surface area contributed by atoms with Crippen molar-refractivity contribution in [3.63, 3.8) is 0 Å². The molecule has 0 bridgehead atoms. The summed E-state index contributed by atoms with van der Waals surface area (Å²) in [5, 5.41) is 4.95. The predicted molar refractivity (Wildman–Crippen MR) is 120 cm³/mol. The Morgan fingerprint density at radius 2 is 1.85 bits per heavy atom. The van der Waals surface area contributed by atoms with Gasteiger partial charge in [0.1, 0.15) is 11.5 Å². The van der Waals surface area contributed by atoms with E-state index in [1.165, 1.54) is 18.1 Å². The number of ether oxygens (including phenoxy) is 1. The number of carbonyl (C=O) groups excluding carboxylic acids is 4. The summed E-state index contributed by atoms with van der Waals surface area (Å²) < 4.78 is 10.5. The molecule has 0 aliphatic carbocycles. The van der Waals surface area contributed by atoms with E-state index < -0.39 is 17.8 Å². The number of carbonyl (C=O) groups is 4. The smallest absolute Gasteiger partial charge is 0.340 e. The van der Waals surface area contributed by atoms with E-state index in [9.17, 15) is 19.2 Å². The number of benzene rings is 1. The third-order valence-corrected chi connectivity index (χ3v) is 4.84. The van der Waals surface area contributed by atoms with Gasteiger partial charge in [0.2, 0.25) is 0 Å². The molecule has 1 aromatic carbocycles. The summed E-state index contributed by atoms with van der Waals surface area (Å²) in [5.41, 5.74) is 1.24. The van der Waals surface area contributed by atoms with E-state index in [2.05, 4.69) is 17.2 Å². The third-order valence-electron chi connectivity index (χ3n) is 4.84. The molecule has 9 heteroatoms. The van der Waals surface area contributed by atoms with Crippen LogP contribution in [0.1, 0.15) is 18.4 Å². The van der Waals surface area contributed by atoms with Crippen LogP contribution in [0, 0.1) is 0 Å². The number of nitrogens with zero attached hydrogens (tertiary/aromatic N) is 1. The molecule has 0 fully saturated rings. The topological polar surface area (TPSA) is 118 Å². The average Bonchev–Trinajstić information content (AvgIpc) is 3.36. The molecule has 2 heterocycles. The van der Waals surface area contributed by atoms with Crippen molar-refractivity contribution in [3.05, 3.63) is 83.5 Å². The van der Waals surface area contributed by atoms with Crippen molar-refractivity contribution < 1.29 is 28.3 Å². The number of methoxy groups -OCH3 is 1. The number of furan rings is 1. The Kier molecular flexibility index (Phi) is 7.24. The van der Waals surface area contributed by atoms with Gasteiger partial charge in [-0.3, -0.25) is 14.4 Å². The highest BCUT2D eigenvalue weighted by Gasteiger charge is 2.36. The zero-order chi connectivity index (χ0) is 24.0. The zero-order valence-electron chi connectivity index (χ0n) is 18.2. The maximum atomic E-state index is 12.8. The molecule has 0 radical (unpaired) electrons. The normalized spacial score (nSPS) is 14.4. The molecule has 33 heavy (non-hydrogen) atoms. The van der Waals surface area contributed by atoms with Crippen molar-refractivity contribution in [1.29, 1.82) is 0 Å². The Hall–Kier alpha value is -4.40. The summed E-state index contributed by atoms with van der Waals surface area (Å²) in [6.07, 6.45) is 3.00. The molecule has 0 atom stereocenters. The minimum absolute atomic E-state index is 0.0422. The summed E-state index contributed by atoms with van der Waals surface area (Å²) in [7, 11) is 1.24. The molecule has 170 valence electrons. The molecule has 2 N–H and O–H groups in total. The minimum atomic E-state index is -0.826.